The van der Waals surface area contributed by atoms with Gasteiger partial charge in [-0.25, -0.2) is 23.1 Å². The number of H-pyrrole nitrogens is 1. The summed E-state index contributed by atoms with van der Waals surface area (Å²) in [5, 5.41) is 5.91. The van der Waals surface area contributed by atoms with Crippen LogP contribution in [0.5, 0.6) is 0 Å². The molecule has 0 aromatic carbocycles. The van der Waals surface area contributed by atoms with E-state index in [0.717, 1.165) is 6.20 Å². The molecule has 0 spiro atoms. The second-order valence-electron chi connectivity index (χ2n) is 3.73. The van der Waals surface area contributed by atoms with Gasteiger partial charge < -0.3 is 5.73 Å². The van der Waals surface area contributed by atoms with Gasteiger partial charge in [0.2, 0.25) is 5.95 Å². The number of hydrogen-bond acceptors (Lipinski definition) is 6. The quantitative estimate of drug-likeness (QED) is 0.729. The van der Waals surface area contributed by atoms with E-state index in [1.54, 1.807) is 19.9 Å². The summed E-state index contributed by atoms with van der Waals surface area (Å²) in [6.45, 7) is 3.50. The number of nitrogens with two attached hydrogens (primary N) is 1. The molecule has 2 aromatic heterocycles. The minimum Gasteiger partial charge on any atom is -0.383 e. The fourth-order valence-corrected chi connectivity index (χ4v) is 2.41. The average molecular weight is 268 g/mol. The van der Waals surface area contributed by atoms with Crippen molar-refractivity contribution >= 4 is 21.8 Å². The van der Waals surface area contributed by atoms with E-state index in [4.69, 9.17) is 5.73 Å². The lowest BCUT2D eigenvalue weighted by atomic mass is 10.4. The third-order valence-corrected chi connectivity index (χ3v) is 3.49. The van der Waals surface area contributed by atoms with Crippen molar-refractivity contribution in [1.29, 1.82) is 0 Å². The molecule has 0 aliphatic carbocycles. The van der Waals surface area contributed by atoms with Crippen molar-refractivity contribution in [2.75, 3.05) is 10.5 Å². The van der Waals surface area contributed by atoms with E-state index in [-0.39, 0.29) is 16.7 Å². The lowest BCUT2D eigenvalue weighted by Gasteiger charge is -2.06. The number of sulfonamides is 1. The van der Waals surface area contributed by atoms with Crippen molar-refractivity contribution in [2.24, 2.45) is 0 Å². The molecule has 0 bridgehead atoms. The molecule has 0 saturated carbocycles. The molecule has 2 heterocycles. The van der Waals surface area contributed by atoms with Gasteiger partial charge in [0.1, 0.15) is 10.7 Å². The summed E-state index contributed by atoms with van der Waals surface area (Å²) in [6.07, 6.45) is 1.13. The van der Waals surface area contributed by atoms with E-state index >= 15 is 0 Å². The van der Waals surface area contributed by atoms with Crippen molar-refractivity contribution in [3.63, 3.8) is 0 Å². The van der Waals surface area contributed by atoms with Gasteiger partial charge in [-0.05, 0) is 19.9 Å². The Morgan fingerprint density at radius 3 is 2.39 bits per heavy atom. The van der Waals surface area contributed by atoms with Gasteiger partial charge >= 0.3 is 0 Å². The maximum Gasteiger partial charge on any atom is 0.269 e. The number of hydrogen-bond donors (Lipinski definition) is 3. The van der Waals surface area contributed by atoms with Crippen LogP contribution in [0.2, 0.25) is 0 Å². The first-order valence-corrected chi connectivity index (χ1v) is 6.51. The van der Waals surface area contributed by atoms with E-state index in [1.165, 1.54) is 0 Å². The first-order chi connectivity index (χ1) is 8.38. The Labute approximate surface area is 104 Å². The van der Waals surface area contributed by atoms with E-state index in [9.17, 15) is 8.42 Å². The summed E-state index contributed by atoms with van der Waals surface area (Å²) in [4.78, 5) is 7.84. The third kappa shape index (κ3) is 2.40. The van der Waals surface area contributed by atoms with Crippen LogP contribution in [0, 0.1) is 13.8 Å². The molecule has 0 amide bonds. The maximum atomic E-state index is 12.0. The van der Waals surface area contributed by atoms with Crippen LogP contribution in [0.25, 0.3) is 0 Å². The number of nitrogens with one attached hydrogen (secondary N) is 2. The molecule has 0 radical (unpaired) electrons. The third-order valence-electron chi connectivity index (χ3n) is 2.13. The van der Waals surface area contributed by atoms with Gasteiger partial charge in [0.05, 0.1) is 6.20 Å². The average Bonchev–Trinajstić information content (AvgIpc) is 2.62. The Hall–Kier alpha value is -2.16. The zero-order valence-corrected chi connectivity index (χ0v) is 10.6. The number of anilines is 2. The molecule has 2 rings (SSSR count). The van der Waals surface area contributed by atoms with Crippen molar-refractivity contribution < 1.29 is 8.42 Å². The second-order valence-corrected chi connectivity index (χ2v) is 5.38. The van der Waals surface area contributed by atoms with E-state index < -0.39 is 10.0 Å². The number of rotatable bonds is 3. The molecular formula is C9H12N6O2S. The molecular weight excluding hydrogens is 256 g/mol. The Balaban J connectivity index is 2.37. The molecule has 0 aliphatic rings. The van der Waals surface area contributed by atoms with Gasteiger partial charge in [-0.2, -0.15) is 5.10 Å². The van der Waals surface area contributed by atoms with Crippen LogP contribution in [0.15, 0.2) is 17.2 Å². The summed E-state index contributed by atoms with van der Waals surface area (Å²) >= 11 is 0. The largest absolute Gasteiger partial charge is 0.383 e. The highest BCUT2D eigenvalue weighted by Gasteiger charge is 2.20. The zero-order chi connectivity index (χ0) is 13.3. The molecule has 9 heteroatoms. The second kappa shape index (κ2) is 4.26. The molecule has 0 aliphatic heterocycles. The van der Waals surface area contributed by atoms with Crippen molar-refractivity contribution in [2.45, 2.75) is 18.7 Å². The normalized spacial score (nSPS) is 11.4. The summed E-state index contributed by atoms with van der Waals surface area (Å²) in [7, 11) is -3.83. The Morgan fingerprint density at radius 1 is 1.28 bits per heavy atom. The summed E-state index contributed by atoms with van der Waals surface area (Å²) in [5.74, 6) is -0.0278. The van der Waals surface area contributed by atoms with Crippen LogP contribution >= 0.6 is 0 Å². The summed E-state index contributed by atoms with van der Waals surface area (Å²) in [6, 6.07) is 1.74. The van der Waals surface area contributed by atoms with Crippen LogP contribution in [0.4, 0.5) is 11.8 Å². The lowest BCUT2D eigenvalue weighted by molar-refractivity contribution is 0.601. The minimum atomic E-state index is -3.83. The maximum absolute atomic E-state index is 12.0. The molecule has 4 N–H and O–H groups in total. The van der Waals surface area contributed by atoms with Gasteiger partial charge in [-0.15, -0.1) is 0 Å². The summed E-state index contributed by atoms with van der Waals surface area (Å²) < 4.78 is 26.2. The molecule has 0 saturated heterocycles. The number of nitrogen functional groups attached to an aromatic ring is 1. The van der Waals surface area contributed by atoms with Crippen molar-refractivity contribution in [3.8, 4) is 0 Å². The van der Waals surface area contributed by atoms with Crippen LogP contribution in [0.3, 0.4) is 0 Å². The lowest BCUT2D eigenvalue weighted by Crippen LogP contribution is -2.16. The first-order valence-electron chi connectivity index (χ1n) is 5.02. The fraction of sp³-hybridized carbons (Fsp3) is 0.222. The van der Waals surface area contributed by atoms with E-state index in [1.807, 2.05) is 0 Å². The van der Waals surface area contributed by atoms with Crippen LogP contribution < -0.4 is 10.5 Å². The van der Waals surface area contributed by atoms with Gasteiger partial charge in [-0.1, -0.05) is 0 Å². The SMILES string of the molecule is Cc1cc(C)nc(NS(=O)(=O)c2cn[nH]c2N)n1. The topological polar surface area (TPSA) is 127 Å². The Morgan fingerprint density at radius 2 is 1.89 bits per heavy atom. The number of aryl methyl sites for hydroxylation is 2. The van der Waals surface area contributed by atoms with Gasteiger partial charge in [0, 0.05) is 11.4 Å². The van der Waals surface area contributed by atoms with Gasteiger partial charge in [0.25, 0.3) is 10.0 Å². The Kier molecular flexibility index (Phi) is 2.91. The van der Waals surface area contributed by atoms with Crippen LogP contribution in [-0.4, -0.2) is 28.6 Å². The fourth-order valence-electron chi connectivity index (χ4n) is 1.45. The summed E-state index contributed by atoms with van der Waals surface area (Å²) in [5.41, 5.74) is 6.80. The molecule has 0 unspecified atom stereocenters. The van der Waals surface area contributed by atoms with Crippen LogP contribution in [-0.2, 0) is 10.0 Å². The van der Waals surface area contributed by atoms with Crippen molar-refractivity contribution in [3.05, 3.63) is 23.7 Å². The van der Waals surface area contributed by atoms with E-state index in [0.29, 0.717) is 11.4 Å². The highest BCUT2D eigenvalue weighted by Crippen LogP contribution is 2.17. The standard InChI is InChI=1S/C9H12N6O2S/c1-5-3-6(2)13-9(12-5)15-18(16,17)7-4-11-14-8(7)10/h3-4H,1-2H3,(H3,10,11,14)(H,12,13,15). The highest BCUT2D eigenvalue weighted by atomic mass is 32.2. The Bertz CT molecular complexity index is 658. The monoisotopic (exact) mass is 268 g/mol. The van der Waals surface area contributed by atoms with E-state index in [2.05, 4.69) is 24.9 Å². The number of aromatic amines is 1. The molecule has 96 valence electrons. The molecule has 8 nitrogen and oxygen atoms in total. The molecule has 2 aromatic rings. The van der Waals surface area contributed by atoms with Gasteiger partial charge in [-0.3, -0.25) is 5.10 Å². The van der Waals surface area contributed by atoms with Gasteiger partial charge in [0.15, 0.2) is 0 Å². The smallest absolute Gasteiger partial charge is 0.269 e. The van der Waals surface area contributed by atoms with Crippen LogP contribution in [0.1, 0.15) is 11.4 Å². The number of nitrogens with zero attached hydrogens (tertiary/aromatic N) is 3. The number of aromatic nitrogens is 4. The predicted octanol–water partition coefficient (Wildman–Crippen LogP) is 0.200. The minimum absolute atomic E-state index is 0.00750. The molecule has 0 atom stereocenters. The zero-order valence-electron chi connectivity index (χ0n) is 9.80. The molecule has 18 heavy (non-hydrogen) atoms. The molecule has 0 fully saturated rings. The van der Waals surface area contributed by atoms with Crippen molar-refractivity contribution in [1.82, 2.24) is 20.2 Å². The highest BCUT2D eigenvalue weighted by molar-refractivity contribution is 7.92. The first kappa shape index (κ1) is 12.3. The predicted molar refractivity (Wildman–Crippen MR) is 65.3 cm³/mol.